The Morgan fingerprint density at radius 2 is 2.33 bits per heavy atom. The number of thiophene rings is 1. The summed E-state index contributed by atoms with van der Waals surface area (Å²) in [5.74, 6) is 4.17. The molecule has 5 heteroatoms. The third-order valence-corrected chi connectivity index (χ3v) is 2.51. The van der Waals surface area contributed by atoms with Crippen LogP contribution < -0.4 is 11.3 Å². The number of carboxylic acid groups (broad SMARTS) is 1. The van der Waals surface area contributed by atoms with Gasteiger partial charge in [-0.2, -0.15) is 0 Å². The first-order chi connectivity index (χ1) is 7.22. The summed E-state index contributed by atoms with van der Waals surface area (Å²) in [5, 5.41) is 10.0. The van der Waals surface area contributed by atoms with Crippen LogP contribution in [-0.2, 0) is 0 Å². The van der Waals surface area contributed by atoms with E-state index in [1.165, 1.54) is 30.6 Å². The van der Waals surface area contributed by atoms with Crippen molar-refractivity contribution in [2.75, 3.05) is 6.54 Å². The van der Waals surface area contributed by atoms with Gasteiger partial charge in [-0.05, 0) is 17.9 Å². The number of nitrogens with two attached hydrogens (primary N) is 1. The maximum atomic E-state index is 10.1. The fourth-order valence-electron chi connectivity index (χ4n) is 0.877. The van der Waals surface area contributed by atoms with E-state index in [-0.39, 0.29) is 0 Å². The molecule has 1 rings (SSSR count). The lowest BCUT2D eigenvalue weighted by Crippen LogP contribution is -2.22. The molecule has 86 valence electrons. The van der Waals surface area contributed by atoms with Crippen molar-refractivity contribution in [3.8, 4) is 0 Å². The zero-order valence-corrected chi connectivity index (χ0v) is 9.72. The molecule has 0 atom stereocenters. The lowest BCUT2D eigenvalue weighted by atomic mass is 10.3. The second kappa shape index (κ2) is 9.64. The number of aromatic carboxylic acids is 1. The number of rotatable bonds is 5. The van der Waals surface area contributed by atoms with E-state index < -0.39 is 5.97 Å². The molecular weight excluding hydrogens is 212 g/mol. The van der Waals surface area contributed by atoms with E-state index in [0.717, 1.165) is 6.54 Å². The first-order valence-electron chi connectivity index (χ1n) is 4.92. The fraction of sp³-hybridized carbons (Fsp3) is 0.500. The topological polar surface area (TPSA) is 75.3 Å². The third kappa shape index (κ3) is 8.11. The maximum Gasteiger partial charge on any atom is 0.345 e. The molecule has 1 aromatic rings. The first kappa shape index (κ1) is 14.1. The van der Waals surface area contributed by atoms with Crippen LogP contribution >= 0.6 is 11.3 Å². The SMILES string of the molecule is CCCCCNN.O=C(O)c1cccs1. The molecule has 4 nitrogen and oxygen atoms in total. The van der Waals surface area contributed by atoms with E-state index in [1.54, 1.807) is 17.5 Å². The molecule has 4 N–H and O–H groups in total. The molecule has 0 aliphatic carbocycles. The highest BCUT2D eigenvalue weighted by Gasteiger charge is 1.99. The van der Waals surface area contributed by atoms with Crippen molar-refractivity contribution >= 4 is 17.3 Å². The van der Waals surface area contributed by atoms with Crippen LogP contribution in [0.4, 0.5) is 0 Å². The Balaban J connectivity index is 0.000000265. The minimum Gasteiger partial charge on any atom is -0.477 e. The number of hydrazine groups is 1. The highest BCUT2D eigenvalue weighted by molar-refractivity contribution is 7.11. The van der Waals surface area contributed by atoms with Crippen LogP contribution in [0.3, 0.4) is 0 Å². The highest BCUT2D eigenvalue weighted by Crippen LogP contribution is 2.06. The molecule has 15 heavy (non-hydrogen) atoms. The van der Waals surface area contributed by atoms with E-state index in [9.17, 15) is 4.79 Å². The Morgan fingerprint density at radius 1 is 1.60 bits per heavy atom. The summed E-state index contributed by atoms with van der Waals surface area (Å²) in [6.45, 7) is 3.13. The van der Waals surface area contributed by atoms with Crippen LogP contribution in [0.25, 0.3) is 0 Å². The highest BCUT2D eigenvalue weighted by atomic mass is 32.1. The van der Waals surface area contributed by atoms with E-state index in [0.29, 0.717) is 4.88 Å². The minimum atomic E-state index is -0.847. The molecule has 0 fully saturated rings. The summed E-state index contributed by atoms with van der Waals surface area (Å²) < 4.78 is 0. The fourth-order valence-corrected chi connectivity index (χ4v) is 1.44. The van der Waals surface area contributed by atoms with Gasteiger partial charge in [0.15, 0.2) is 0 Å². The largest absolute Gasteiger partial charge is 0.477 e. The second-order valence-electron chi connectivity index (χ2n) is 2.94. The van der Waals surface area contributed by atoms with Gasteiger partial charge in [0.05, 0.1) is 0 Å². The molecule has 0 saturated carbocycles. The van der Waals surface area contributed by atoms with Gasteiger partial charge in [-0.15, -0.1) is 11.3 Å². The Kier molecular flexibility index (Phi) is 9.05. The van der Waals surface area contributed by atoms with E-state index in [4.69, 9.17) is 10.9 Å². The van der Waals surface area contributed by atoms with Gasteiger partial charge in [0.2, 0.25) is 0 Å². The molecule has 0 amide bonds. The minimum absolute atomic E-state index is 0.394. The number of hydrogen-bond donors (Lipinski definition) is 3. The van der Waals surface area contributed by atoms with Crippen molar-refractivity contribution < 1.29 is 9.90 Å². The normalized spacial score (nSPS) is 9.20. The molecule has 0 saturated heterocycles. The average molecular weight is 230 g/mol. The molecule has 0 aliphatic heterocycles. The molecule has 0 aliphatic rings. The average Bonchev–Trinajstić information content (AvgIpc) is 2.72. The number of nitrogens with one attached hydrogen (secondary N) is 1. The molecule has 0 radical (unpaired) electrons. The summed E-state index contributed by atoms with van der Waals surface area (Å²) in [7, 11) is 0. The molecular formula is C10H18N2O2S. The molecule has 0 bridgehead atoms. The zero-order valence-electron chi connectivity index (χ0n) is 8.90. The van der Waals surface area contributed by atoms with Crippen LogP contribution in [0.5, 0.6) is 0 Å². The molecule has 0 aromatic carbocycles. The summed E-state index contributed by atoms with van der Waals surface area (Å²) >= 11 is 1.23. The van der Waals surface area contributed by atoms with Crippen LogP contribution in [0.1, 0.15) is 35.9 Å². The van der Waals surface area contributed by atoms with E-state index in [2.05, 4.69) is 12.3 Å². The first-order valence-corrected chi connectivity index (χ1v) is 5.80. The van der Waals surface area contributed by atoms with Crippen molar-refractivity contribution in [2.24, 2.45) is 5.84 Å². The van der Waals surface area contributed by atoms with Crippen molar-refractivity contribution in [2.45, 2.75) is 26.2 Å². The Labute approximate surface area is 94.1 Å². The monoisotopic (exact) mass is 230 g/mol. The summed E-state index contributed by atoms with van der Waals surface area (Å²) in [6, 6.07) is 3.29. The molecule has 0 unspecified atom stereocenters. The van der Waals surface area contributed by atoms with Gasteiger partial charge in [-0.3, -0.25) is 11.3 Å². The summed E-state index contributed by atoms with van der Waals surface area (Å²) in [5.41, 5.74) is 2.60. The van der Waals surface area contributed by atoms with Crippen molar-refractivity contribution in [3.63, 3.8) is 0 Å². The van der Waals surface area contributed by atoms with Crippen molar-refractivity contribution in [3.05, 3.63) is 22.4 Å². The van der Waals surface area contributed by atoms with Gasteiger partial charge in [0.1, 0.15) is 4.88 Å². The van der Waals surface area contributed by atoms with Crippen LogP contribution in [0.15, 0.2) is 17.5 Å². The van der Waals surface area contributed by atoms with E-state index in [1.807, 2.05) is 0 Å². The lowest BCUT2D eigenvalue weighted by molar-refractivity contribution is 0.0702. The predicted octanol–water partition coefficient (Wildman–Crippen LogP) is 2.09. The number of unbranched alkanes of at least 4 members (excludes halogenated alkanes) is 2. The van der Waals surface area contributed by atoms with Gasteiger partial charge >= 0.3 is 5.97 Å². The molecule has 1 heterocycles. The van der Waals surface area contributed by atoms with Gasteiger partial charge in [-0.25, -0.2) is 4.79 Å². The van der Waals surface area contributed by atoms with Gasteiger partial charge < -0.3 is 5.11 Å². The van der Waals surface area contributed by atoms with Gasteiger partial charge in [0, 0.05) is 6.54 Å². The van der Waals surface area contributed by atoms with Gasteiger partial charge in [0.25, 0.3) is 0 Å². The smallest absolute Gasteiger partial charge is 0.345 e. The van der Waals surface area contributed by atoms with Crippen molar-refractivity contribution in [1.82, 2.24) is 5.43 Å². The van der Waals surface area contributed by atoms with Crippen LogP contribution in [0.2, 0.25) is 0 Å². The Bertz CT molecular complexity index is 246. The number of carbonyl (C=O) groups is 1. The van der Waals surface area contributed by atoms with E-state index >= 15 is 0 Å². The Morgan fingerprint density at radius 3 is 2.67 bits per heavy atom. The molecule has 0 spiro atoms. The Hall–Kier alpha value is -0.910. The second-order valence-corrected chi connectivity index (χ2v) is 3.89. The number of hydrogen-bond acceptors (Lipinski definition) is 4. The van der Waals surface area contributed by atoms with Gasteiger partial charge in [-0.1, -0.05) is 25.8 Å². The zero-order chi connectivity index (χ0) is 11.5. The summed E-state index contributed by atoms with van der Waals surface area (Å²) in [4.78, 5) is 10.5. The lowest BCUT2D eigenvalue weighted by Gasteiger charge is -1.93. The maximum absolute atomic E-state index is 10.1. The van der Waals surface area contributed by atoms with Crippen LogP contribution in [0, 0.1) is 0 Å². The standard InChI is InChI=1S/C5H14N2.C5H4O2S/c1-2-3-4-5-7-6;6-5(7)4-2-1-3-8-4/h7H,2-6H2,1H3;1-3H,(H,6,7). The molecule has 1 aromatic heterocycles. The summed E-state index contributed by atoms with van der Waals surface area (Å²) in [6.07, 6.45) is 3.75. The van der Waals surface area contributed by atoms with Crippen molar-refractivity contribution in [1.29, 1.82) is 0 Å². The third-order valence-electron chi connectivity index (χ3n) is 1.66. The quantitative estimate of drug-likeness (QED) is 0.411. The predicted molar refractivity (Wildman–Crippen MR) is 63.0 cm³/mol. The number of carboxylic acids is 1. The van der Waals surface area contributed by atoms with Crippen LogP contribution in [-0.4, -0.2) is 17.6 Å².